The average Bonchev–Trinajstić information content (AvgIpc) is 3.52. The number of amides is 2. The van der Waals surface area contributed by atoms with Crippen molar-refractivity contribution >= 4 is 69.7 Å². The van der Waals surface area contributed by atoms with Crippen molar-refractivity contribution in [2.75, 3.05) is 11.5 Å². The molecule has 39 heavy (non-hydrogen) atoms. The quantitative estimate of drug-likeness (QED) is 0.218. The number of thiocarbonyl (C=S) groups is 1. The second kappa shape index (κ2) is 12.6. The van der Waals surface area contributed by atoms with E-state index in [0.29, 0.717) is 11.4 Å². The number of allylic oxidation sites excluding steroid dienone is 1. The van der Waals surface area contributed by atoms with E-state index in [9.17, 15) is 9.59 Å². The van der Waals surface area contributed by atoms with E-state index in [1.807, 2.05) is 66.7 Å². The number of fused-ring (bicyclic) bond motifs is 1. The Kier molecular flexibility index (Phi) is 8.73. The number of carbonyl (C=O) groups is 2. The highest BCUT2D eigenvalue weighted by atomic mass is 32.2. The lowest BCUT2D eigenvalue weighted by Crippen LogP contribution is -2.70. The van der Waals surface area contributed by atoms with Crippen LogP contribution in [0.15, 0.2) is 84.0 Å². The summed E-state index contributed by atoms with van der Waals surface area (Å²) in [6.07, 6.45) is 2.48. The fraction of sp³-hybridized carbons (Fsp3) is 0.185. The third-order valence-corrected chi connectivity index (χ3v) is 9.07. The van der Waals surface area contributed by atoms with E-state index >= 15 is 0 Å². The predicted molar refractivity (Wildman–Crippen MR) is 157 cm³/mol. The van der Waals surface area contributed by atoms with E-state index in [4.69, 9.17) is 22.2 Å². The lowest BCUT2D eigenvalue weighted by Gasteiger charge is -2.50. The number of thioether (sulfide) groups is 2. The molecule has 2 aliphatic rings. The van der Waals surface area contributed by atoms with Crippen LogP contribution < -0.4 is 5.32 Å². The number of hydrogen-bond donors (Lipinski definition) is 1. The van der Waals surface area contributed by atoms with Crippen molar-refractivity contribution in [3.05, 3.63) is 100 Å². The zero-order valence-electron chi connectivity index (χ0n) is 20.3. The van der Waals surface area contributed by atoms with E-state index in [0.717, 1.165) is 21.6 Å². The molecule has 2 aliphatic heterocycles. The van der Waals surface area contributed by atoms with E-state index in [-0.39, 0.29) is 28.0 Å². The lowest BCUT2D eigenvalue weighted by atomic mass is 10.0. The normalized spacial score (nSPS) is 18.5. The average molecular weight is 592 g/mol. The summed E-state index contributed by atoms with van der Waals surface area (Å²) in [7, 11) is 0. The summed E-state index contributed by atoms with van der Waals surface area (Å²) in [5.41, 5.74) is 3.19. The Morgan fingerprint density at radius 1 is 1.23 bits per heavy atom. The number of carbonyl (C=O) groups excluding carboxylic acids is 2. The molecule has 0 radical (unpaired) electrons. The molecule has 8 nitrogen and oxygen atoms in total. The Bertz CT molecular complexity index is 1420. The maximum atomic E-state index is 13.4. The van der Waals surface area contributed by atoms with Gasteiger partial charge in [0.25, 0.3) is 5.91 Å². The molecule has 3 aromatic rings. The number of β-lactam (4-membered cyclic amide) rings is 1. The Balaban J connectivity index is 1.42. The minimum Gasteiger partial charge on any atom is -0.469 e. The molecule has 0 bridgehead atoms. The van der Waals surface area contributed by atoms with Crippen LogP contribution in [0.4, 0.5) is 0 Å². The summed E-state index contributed by atoms with van der Waals surface area (Å²) in [5, 5.41) is 16.8. The van der Waals surface area contributed by atoms with Gasteiger partial charge in [0.05, 0.1) is 22.9 Å². The van der Waals surface area contributed by atoms with Gasteiger partial charge in [0.15, 0.2) is 0 Å². The Morgan fingerprint density at radius 3 is 2.54 bits per heavy atom. The van der Waals surface area contributed by atoms with Gasteiger partial charge in [0, 0.05) is 17.4 Å². The highest BCUT2D eigenvalue weighted by Gasteiger charge is 2.54. The summed E-state index contributed by atoms with van der Waals surface area (Å²) in [4.78, 5) is 28.3. The van der Waals surface area contributed by atoms with Crippen LogP contribution in [0.1, 0.15) is 22.1 Å². The molecule has 1 N–H and O–H groups in total. The molecule has 0 aliphatic carbocycles. The van der Waals surface area contributed by atoms with Gasteiger partial charge in [-0.05, 0) is 40.3 Å². The predicted octanol–water partition coefficient (Wildman–Crippen LogP) is 4.55. The first kappa shape index (κ1) is 27.1. The molecule has 2 aromatic carbocycles. The summed E-state index contributed by atoms with van der Waals surface area (Å²) < 4.78 is 10.5. The summed E-state index contributed by atoms with van der Waals surface area (Å²) in [6.45, 7) is 0. The van der Waals surface area contributed by atoms with Gasteiger partial charge < -0.3 is 10.1 Å². The van der Waals surface area contributed by atoms with Crippen LogP contribution in [0.3, 0.4) is 0 Å². The summed E-state index contributed by atoms with van der Waals surface area (Å²) in [5.74, 6) is 0.114. The zero-order chi connectivity index (χ0) is 27.2. The minimum atomic E-state index is -0.680. The molecule has 3 heterocycles. The highest BCUT2D eigenvalue weighted by Crippen LogP contribution is 2.45. The maximum Gasteiger partial charge on any atom is 0.253 e. The zero-order valence-corrected chi connectivity index (χ0v) is 23.6. The van der Waals surface area contributed by atoms with Crippen LogP contribution in [0.25, 0.3) is 5.57 Å². The van der Waals surface area contributed by atoms with Crippen molar-refractivity contribution in [1.29, 1.82) is 5.26 Å². The first-order valence-electron chi connectivity index (χ1n) is 11.8. The molecular formula is C27H21N5O3S4. The van der Waals surface area contributed by atoms with Crippen molar-refractivity contribution in [1.82, 2.24) is 19.8 Å². The Hall–Kier alpha value is -3.50. The summed E-state index contributed by atoms with van der Waals surface area (Å²) >= 11 is 9.84. The smallest absolute Gasteiger partial charge is 0.253 e. The molecule has 196 valence electrons. The lowest BCUT2D eigenvalue weighted by molar-refractivity contribution is -0.145. The summed E-state index contributed by atoms with van der Waals surface area (Å²) in [6, 6.07) is 20.8. The third-order valence-electron chi connectivity index (χ3n) is 6.02. The number of nitriles is 1. The second-order valence-corrected chi connectivity index (χ2v) is 11.6. The van der Waals surface area contributed by atoms with E-state index in [1.54, 1.807) is 28.3 Å². The molecule has 5 rings (SSSR count). The fourth-order valence-electron chi connectivity index (χ4n) is 4.26. The van der Waals surface area contributed by atoms with Gasteiger partial charge in [-0.1, -0.05) is 65.2 Å². The molecule has 1 aromatic heterocycles. The number of benzene rings is 2. The van der Waals surface area contributed by atoms with Crippen molar-refractivity contribution in [2.24, 2.45) is 0 Å². The van der Waals surface area contributed by atoms with Crippen LogP contribution in [0.5, 0.6) is 0 Å². The van der Waals surface area contributed by atoms with Crippen molar-refractivity contribution < 1.29 is 14.3 Å². The van der Waals surface area contributed by atoms with Gasteiger partial charge in [-0.2, -0.15) is 5.26 Å². The number of nitrogens with zero attached hydrogens (tertiary/aromatic N) is 4. The monoisotopic (exact) mass is 591 g/mol. The molecule has 12 heteroatoms. The molecule has 2 atom stereocenters. The number of rotatable bonds is 9. The number of aromatic nitrogens is 2. The first-order valence-corrected chi connectivity index (χ1v) is 15.1. The van der Waals surface area contributed by atoms with Crippen molar-refractivity contribution in [2.45, 2.75) is 17.5 Å². The van der Waals surface area contributed by atoms with Crippen LogP contribution in [0.2, 0.25) is 0 Å². The van der Waals surface area contributed by atoms with Gasteiger partial charge in [0.2, 0.25) is 11.0 Å². The third kappa shape index (κ3) is 5.91. The molecule has 1 saturated heterocycles. The number of nitrogens with one attached hydrogen (secondary N) is 1. The molecule has 0 saturated carbocycles. The molecule has 2 amide bonds. The molecular weight excluding hydrogens is 571 g/mol. The van der Waals surface area contributed by atoms with Gasteiger partial charge in [-0.15, -0.1) is 28.6 Å². The SMILES string of the molecule is N#C/C=C\SCC(=O)N[C@@H]1C(=O)N2C(C(=S)OC(c3ccccc3)c3ccccc3)=C(c3cnns3)CS[C@H]12. The van der Waals surface area contributed by atoms with Crippen LogP contribution in [-0.2, 0) is 14.3 Å². The highest BCUT2D eigenvalue weighted by molar-refractivity contribution is 8.02. The van der Waals surface area contributed by atoms with Crippen LogP contribution in [-0.4, -0.2) is 54.3 Å². The Labute approximate surface area is 243 Å². The maximum absolute atomic E-state index is 13.4. The van der Waals surface area contributed by atoms with Gasteiger partial charge in [-0.25, -0.2) is 0 Å². The largest absolute Gasteiger partial charge is 0.469 e. The fourth-order valence-corrected chi connectivity index (χ4v) is 7.08. The molecule has 1 fully saturated rings. The van der Waals surface area contributed by atoms with Gasteiger partial charge >= 0.3 is 0 Å². The van der Waals surface area contributed by atoms with E-state index < -0.39 is 12.1 Å². The topological polar surface area (TPSA) is 108 Å². The van der Waals surface area contributed by atoms with Crippen LogP contribution >= 0.6 is 47.3 Å². The van der Waals surface area contributed by atoms with Crippen molar-refractivity contribution in [3.8, 4) is 6.07 Å². The number of ether oxygens (including phenoxy) is 1. The number of hydrogen-bond acceptors (Lipinski definition) is 10. The van der Waals surface area contributed by atoms with Crippen molar-refractivity contribution in [3.63, 3.8) is 0 Å². The van der Waals surface area contributed by atoms with E-state index in [2.05, 4.69) is 14.9 Å². The minimum absolute atomic E-state index is 0.108. The standard InChI is InChI=1S/C27H21N5O3S4/c28-12-7-13-37-16-21(33)30-22-25(34)32-23(19(15-38-26(22)32)20-14-29-31-39-20)27(36)35-24(17-8-3-1-4-9-17)18-10-5-2-6-11-18/h1-11,13-14,22,24,26H,15-16H2,(H,30,33)/b13-7-/t22-,26-/m1/s1. The Morgan fingerprint density at radius 2 is 1.92 bits per heavy atom. The van der Waals surface area contributed by atoms with Gasteiger partial charge in [0.1, 0.15) is 23.2 Å². The van der Waals surface area contributed by atoms with Crippen LogP contribution in [0, 0.1) is 11.3 Å². The van der Waals surface area contributed by atoms with E-state index in [1.165, 1.54) is 29.4 Å². The first-order chi connectivity index (χ1) is 19.1. The molecule has 0 unspecified atom stereocenters. The molecule has 0 spiro atoms. The second-order valence-electron chi connectivity index (χ2n) is 8.41. The van der Waals surface area contributed by atoms with Gasteiger partial charge in [-0.3, -0.25) is 14.5 Å².